The van der Waals surface area contributed by atoms with Crippen LogP contribution in [-0.4, -0.2) is 37.5 Å². The quantitative estimate of drug-likeness (QED) is 0.521. The fourth-order valence-corrected chi connectivity index (χ4v) is 3.61. The molecule has 9 heteroatoms. The lowest BCUT2D eigenvalue weighted by Gasteiger charge is -2.18. The molecular weight excluding hydrogens is 386 g/mol. The number of carboxylic acid groups (broad SMARTS) is 1. The minimum absolute atomic E-state index is 0.101. The van der Waals surface area contributed by atoms with Crippen molar-refractivity contribution in [3.05, 3.63) is 77.5 Å². The van der Waals surface area contributed by atoms with E-state index >= 15 is 0 Å². The first-order chi connectivity index (χ1) is 14.6. The zero-order valence-corrected chi connectivity index (χ0v) is 15.7. The second-order valence-electron chi connectivity index (χ2n) is 6.90. The highest BCUT2D eigenvalue weighted by atomic mass is 16.7. The number of nitrogens with zero attached hydrogens (tertiary/aromatic N) is 4. The molecule has 9 nitrogen and oxygen atoms in total. The van der Waals surface area contributed by atoms with Crippen LogP contribution < -0.4 is 5.73 Å². The van der Waals surface area contributed by atoms with Gasteiger partial charge < -0.3 is 20.3 Å². The number of fused-ring (bicyclic) bond motifs is 3. The summed E-state index contributed by atoms with van der Waals surface area (Å²) in [5, 5.41) is 14.4. The molecule has 1 unspecified atom stereocenters. The topological polar surface area (TPSA) is 125 Å². The predicted molar refractivity (Wildman–Crippen MR) is 108 cm³/mol. The third-order valence-corrected chi connectivity index (χ3v) is 4.99. The summed E-state index contributed by atoms with van der Waals surface area (Å²) in [5.74, 6) is -0.127. The van der Waals surface area contributed by atoms with E-state index in [4.69, 9.17) is 20.2 Å². The fourth-order valence-electron chi connectivity index (χ4n) is 3.61. The van der Waals surface area contributed by atoms with Gasteiger partial charge in [-0.1, -0.05) is 30.3 Å². The molecule has 3 N–H and O–H groups in total. The van der Waals surface area contributed by atoms with Gasteiger partial charge in [-0.15, -0.1) is 5.10 Å². The molecule has 0 spiro atoms. The molecule has 1 aliphatic heterocycles. The van der Waals surface area contributed by atoms with Gasteiger partial charge in [0.2, 0.25) is 12.7 Å². The Morgan fingerprint density at radius 2 is 2.03 bits per heavy atom. The van der Waals surface area contributed by atoms with Crippen LogP contribution in [0, 0.1) is 0 Å². The average molecular weight is 403 g/mol. The number of ether oxygens (including phenoxy) is 2. The van der Waals surface area contributed by atoms with Crippen LogP contribution in [0.3, 0.4) is 0 Å². The van der Waals surface area contributed by atoms with Crippen LogP contribution in [0.2, 0.25) is 0 Å². The van der Waals surface area contributed by atoms with Gasteiger partial charge in [-0.05, 0) is 30.2 Å². The minimum Gasteiger partial charge on any atom is -0.478 e. The average Bonchev–Trinajstić information content (AvgIpc) is 3.41. The van der Waals surface area contributed by atoms with Gasteiger partial charge in [-0.3, -0.25) is 0 Å². The van der Waals surface area contributed by atoms with Crippen molar-refractivity contribution in [3.63, 3.8) is 0 Å². The maximum absolute atomic E-state index is 11.5. The molecule has 0 radical (unpaired) electrons. The molecule has 2 aromatic carbocycles. The summed E-state index contributed by atoms with van der Waals surface area (Å²) in [6, 6.07) is 14.6. The predicted octanol–water partition coefficient (Wildman–Crippen LogP) is 2.73. The summed E-state index contributed by atoms with van der Waals surface area (Å²) in [4.78, 5) is 20.6. The van der Waals surface area contributed by atoms with Gasteiger partial charge in [0, 0.05) is 5.39 Å². The number of anilines is 1. The summed E-state index contributed by atoms with van der Waals surface area (Å²) in [6.45, 7) is 0.125. The van der Waals surface area contributed by atoms with Gasteiger partial charge in [0.25, 0.3) is 0 Å². The van der Waals surface area contributed by atoms with E-state index in [0.717, 1.165) is 5.56 Å². The Labute approximate surface area is 170 Å². The van der Waals surface area contributed by atoms with Crippen LogP contribution >= 0.6 is 0 Å². The lowest BCUT2D eigenvalue weighted by molar-refractivity contribution is 0.0696. The summed E-state index contributed by atoms with van der Waals surface area (Å²) in [7, 11) is 0. The molecule has 2 aromatic heterocycles. The number of carbonyl (C=O) groups is 1. The third kappa shape index (κ3) is 3.06. The van der Waals surface area contributed by atoms with Crippen LogP contribution in [0.5, 0.6) is 0 Å². The standard InChI is InChI=1S/C21H17N5O4/c22-21-24-18-14-7-6-13(20(27)28)9-16(14)23-19(26(18)25-21)15(17-10-29-11-30-17)8-12-4-2-1-3-5-12/h1-7,9-10,15H,8,11H2,(H2,22,25)(H,27,28). The number of nitrogen functional groups attached to an aromatic ring is 1. The molecule has 5 rings (SSSR count). The lowest BCUT2D eigenvalue weighted by atomic mass is 9.96. The maximum Gasteiger partial charge on any atom is 0.335 e. The minimum atomic E-state index is -1.03. The number of benzene rings is 2. The zero-order chi connectivity index (χ0) is 20.7. The van der Waals surface area contributed by atoms with Crippen molar-refractivity contribution in [2.45, 2.75) is 12.3 Å². The molecule has 0 saturated heterocycles. The number of hydrogen-bond acceptors (Lipinski definition) is 7. The molecule has 0 bridgehead atoms. The number of allylic oxidation sites excluding steroid dienone is 1. The van der Waals surface area contributed by atoms with E-state index in [-0.39, 0.29) is 24.2 Å². The molecule has 3 heterocycles. The zero-order valence-electron chi connectivity index (χ0n) is 15.7. The second-order valence-corrected chi connectivity index (χ2v) is 6.90. The van der Waals surface area contributed by atoms with E-state index in [2.05, 4.69) is 10.1 Å². The van der Waals surface area contributed by atoms with Gasteiger partial charge in [0.05, 0.1) is 17.0 Å². The highest BCUT2D eigenvalue weighted by molar-refractivity contribution is 5.97. The van der Waals surface area contributed by atoms with Crippen LogP contribution in [-0.2, 0) is 15.9 Å². The van der Waals surface area contributed by atoms with E-state index in [1.807, 2.05) is 30.3 Å². The van der Waals surface area contributed by atoms with E-state index in [0.29, 0.717) is 34.6 Å². The molecular formula is C21H17N5O4. The summed E-state index contributed by atoms with van der Waals surface area (Å²) < 4.78 is 12.6. The second kappa shape index (κ2) is 7.03. The van der Waals surface area contributed by atoms with Crippen molar-refractivity contribution in [2.75, 3.05) is 12.5 Å². The smallest absolute Gasteiger partial charge is 0.335 e. The van der Waals surface area contributed by atoms with Crippen LogP contribution in [0.4, 0.5) is 5.95 Å². The van der Waals surface area contributed by atoms with E-state index in [1.54, 1.807) is 16.8 Å². The Morgan fingerprint density at radius 3 is 2.77 bits per heavy atom. The van der Waals surface area contributed by atoms with E-state index in [1.165, 1.54) is 12.1 Å². The number of aromatic carboxylic acids is 1. The molecule has 4 aromatic rings. The largest absolute Gasteiger partial charge is 0.478 e. The van der Waals surface area contributed by atoms with E-state index in [9.17, 15) is 9.90 Å². The number of rotatable bonds is 5. The summed E-state index contributed by atoms with van der Waals surface area (Å²) in [6.07, 6.45) is 2.14. The number of aromatic nitrogens is 4. The van der Waals surface area contributed by atoms with Crippen LogP contribution in [0.15, 0.2) is 60.6 Å². The van der Waals surface area contributed by atoms with Gasteiger partial charge in [0.15, 0.2) is 5.65 Å². The number of nitrogens with two attached hydrogens (primary N) is 1. The molecule has 0 fully saturated rings. The van der Waals surface area contributed by atoms with Crippen molar-refractivity contribution < 1.29 is 19.4 Å². The van der Waals surface area contributed by atoms with E-state index < -0.39 is 5.97 Å². The van der Waals surface area contributed by atoms with Crippen molar-refractivity contribution >= 4 is 28.5 Å². The first-order valence-corrected chi connectivity index (χ1v) is 9.28. The molecule has 0 aliphatic carbocycles. The Morgan fingerprint density at radius 1 is 1.20 bits per heavy atom. The molecule has 1 aliphatic rings. The first-order valence-electron chi connectivity index (χ1n) is 9.28. The normalized spacial score (nSPS) is 14.3. The highest BCUT2D eigenvalue weighted by Crippen LogP contribution is 2.33. The Balaban J connectivity index is 1.75. The molecule has 150 valence electrons. The van der Waals surface area contributed by atoms with Gasteiger partial charge in [-0.2, -0.15) is 9.50 Å². The van der Waals surface area contributed by atoms with Crippen molar-refractivity contribution in [1.29, 1.82) is 0 Å². The van der Waals surface area contributed by atoms with Gasteiger partial charge in [-0.25, -0.2) is 9.78 Å². The van der Waals surface area contributed by atoms with Crippen LogP contribution in [0.1, 0.15) is 27.7 Å². The Hall–Kier alpha value is -4.14. The van der Waals surface area contributed by atoms with Crippen molar-refractivity contribution in [3.8, 4) is 0 Å². The summed E-state index contributed by atoms with van der Waals surface area (Å²) >= 11 is 0. The highest BCUT2D eigenvalue weighted by Gasteiger charge is 2.28. The number of carboxylic acids is 1. The number of hydrogen-bond donors (Lipinski definition) is 2. The SMILES string of the molecule is Nc1nc2c3ccc(C(=O)O)cc3nc(C(Cc3ccccc3)C3=COCO3)n2n1. The maximum atomic E-state index is 11.5. The lowest BCUT2D eigenvalue weighted by Crippen LogP contribution is -2.15. The molecule has 0 amide bonds. The van der Waals surface area contributed by atoms with Crippen LogP contribution in [0.25, 0.3) is 16.6 Å². The Kier molecular flexibility index (Phi) is 4.20. The van der Waals surface area contributed by atoms with Crippen molar-refractivity contribution in [2.24, 2.45) is 0 Å². The Bertz CT molecular complexity index is 1300. The third-order valence-electron chi connectivity index (χ3n) is 4.99. The molecule has 0 saturated carbocycles. The summed E-state index contributed by atoms with van der Waals surface area (Å²) in [5.41, 5.74) is 8.10. The molecule has 1 atom stereocenters. The van der Waals surface area contributed by atoms with Gasteiger partial charge in [0.1, 0.15) is 17.8 Å². The van der Waals surface area contributed by atoms with Gasteiger partial charge >= 0.3 is 5.97 Å². The fraction of sp³-hybridized carbons (Fsp3) is 0.143. The monoisotopic (exact) mass is 403 g/mol. The first kappa shape index (κ1) is 17.9. The molecule has 30 heavy (non-hydrogen) atoms. The van der Waals surface area contributed by atoms with Crippen molar-refractivity contribution in [1.82, 2.24) is 19.6 Å².